The Kier molecular flexibility index (Phi) is 4.05. The third-order valence-electron chi connectivity index (χ3n) is 2.68. The second-order valence-electron chi connectivity index (χ2n) is 4.14. The molecule has 0 heterocycles. The van der Waals surface area contributed by atoms with E-state index in [1.807, 2.05) is 0 Å². The van der Waals surface area contributed by atoms with Gasteiger partial charge < -0.3 is 5.11 Å². The van der Waals surface area contributed by atoms with Crippen molar-refractivity contribution in [3.05, 3.63) is 63.7 Å². The van der Waals surface area contributed by atoms with E-state index in [9.17, 15) is 14.9 Å². The van der Waals surface area contributed by atoms with Gasteiger partial charge in [0.1, 0.15) is 0 Å². The first-order valence-corrected chi connectivity index (χ1v) is 6.55. The van der Waals surface area contributed by atoms with Gasteiger partial charge in [0, 0.05) is 21.9 Å². The number of carbonyl (C=O) groups is 1. The second-order valence-corrected chi connectivity index (χ2v) is 5.26. The highest BCUT2D eigenvalue weighted by Crippen LogP contribution is 2.32. The van der Waals surface area contributed by atoms with Crippen LogP contribution in [0.5, 0.6) is 0 Å². The Morgan fingerprint density at radius 2 is 2.00 bits per heavy atom. The van der Waals surface area contributed by atoms with Gasteiger partial charge in [0.25, 0.3) is 5.69 Å². The molecule has 0 aliphatic heterocycles. The molecule has 0 aliphatic rings. The highest BCUT2D eigenvalue weighted by molar-refractivity contribution is 7.99. The standard InChI is InChI=1S/C14H11NO4S/c1-9-7-11(15(18)19)5-6-13(9)20-12-4-2-3-10(8-12)14(16)17/h2-8H,1H3,(H,16,17). The minimum absolute atomic E-state index is 0.0473. The highest BCUT2D eigenvalue weighted by atomic mass is 32.2. The number of nitro groups is 1. The predicted octanol–water partition coefficient (Wildman–Crippen LogP) is 3.75. The zero-order chi connectivity index (χ0) is 14.7. The molecule has 0 atom stereocenters. The molecule has 0 bridgehead atoms. The SMILES string of the molecule is Cc1cc([N+](=O)[O-])ccc1Sc1cccc(C(=O)O)c1. The molecule has 5 nitrogen and oxygen atoms in total. The molecule has 20 heavy (non-hydrogen) atoms. The Morgan fingerprint density at radius 3 is 2.60 bits per heavy atom. The number of nitro benzene ring substituents is 1. The van der Waals surface area contributed by atoms with Crippen molar-refractivity contribution in [2.24, 2.45) is 0 Å². The van der Waals surface area contributed by atoms with Crippen LogP contribution < -0.4 is 0 Å². The lowest BCUT2D eigenvalue weighted by Gasteiger charge is -2.06. The van der Waals surface area contributed by atoms with Crippen molar-refractivity contribution >= 4 is 23.4 Å². The molecular formula is C14H11NO4S. The molecule has 6 heteroatoms. The van der Waals surface area contributed by atoms with Gasteiger partial charge in [0.15, 0.2) is 0 Å². The van der Waals surface area contributed by atoms with Crippen molar-refractivity contribution in [3.8, 4) is 0 Å². The summed E-state index contributed by atoms with van der Waals surface area (Å²) in [6.45, 7) is 1.79. The van der Waals surface area contributed by atoms with Crippen LogP contribution in [-0.2, 0) is 0 Å². The van der Waals surface area contributed by atoms with Gasteiger partial charge in [-0.3, -0.25) is 10.1 Å². The third-order valence-corrected chi connectivity index (χ3v) is 3.85. The summed E-state index contributed by atoms with van der Waals surface area (Å²) in [7, 11) is 0. The lowest BCUT2D eigenvalue weighted by Crippen LogP contribution is -1.95. The van der Waals surface area contributed by atoms with Gasteiger partial charge in [0.2, 0.25) is 0 Å². The summed E-state index contributed by atoms with van der Waals surface area (Å²) in [4.78, 5) is 22.8. The molecule has 0 saturated carbocycles. The molecule has 0 aliphatic carbocycles. The summed E-state index contributed by atoms with van der Waals surface area (Å²) in [6.07, 6.45) is 0. The smallest absolute Gasteiger partial charge is 0.335 e. The van der Waals surface area contributed by atoms with Crippen LogP contribution in [0.3, 0.4) is 0 Å². The van der Waals surface area contributed by atoms with Crippen molar-refractivity contribution in [2.75, 3.05) is 0 Å². The number of non-ortho nitro benzene ring substituents is 1. The topological polar surface area (TPSA) is 80.4 Å². The largest absolute Gasteiger partial charge is 0.478 e. The van der Waals surface area contributed by atoms with Gasteiger partial charge in [-0.15, -0.1) is 0 Å². The Balaban J connectivity index is 2.28. The average molecular weight is 289 g/mol. The molecule has 0 amide bonds. The Morgan fingerprint density at radius 1 is 1.25 bits per heavy atom. The molecular weight excluding hydrogens is 278 g/mol. The van der Waals surface area contributed by atoms with E-state index >= 15 is 0 Å². The fraction of sp³-hybridized carbons (Fsp3) is 0.0714. The summed E-state index contributed by atoms with van der Waals surface area (Å²) in [5.74, 6) is -0.979. The van der Waals surface area contributed by atoms with Crippen LogP contribution in [0.25, 0.3) is 0 Å². The highest BCUT2D eigenvalue weighted by Gasteiger charge is 2.10. The molecule has 2 aromatic carbocycles. The maximum atomic E-state index is 10.9. The zero-order valence-electron chi connectivity index (χ0n) is 10.6. The quantitative estimate of drug-likeness (QED) is 0.684. The number of aromatic carboxylic acids is 1. The van der Waals surface area contributed by atoms with Gasteiger partial charge in [-0.25, -0.2) is 4.79 Å². The molecule has 0 radical (unpaired) electrons. The summed E-state index contributed by atoms with van der Waals surface area (Å²) < 4.78 is 0. The van der Waals surface area contributed by atoms with Gasteiger partial charge in [-0.05, 0) is 36.8 Å². The Labute approximate surface area is 119 Å². The predicted molar refractivity (Wildman–Crippen MR) is 75.4 cm³/mol. The van der Waals surface area contributed by atoms with Crippen LogP contribution in [0.15, 0.2) is 52.3 Å². The number of rotatable bonds is 4. The summed E-state index contributed by atoms with van der Waals surface area (Å²) in [5, 5.41) is 19.6. The molecule has 0 saturated heterocycles. The number of benzene rings is 2. The fourth-order valence-corrected chi connectivity index (χ4v) is 2.62. The van der Waals surface area contributed by atoms with Crippen LogP contribution in [0.2, 0.25) is 0 Å². The van der Waals surface area contributed by atoms with E-state index in [2.05, 4.69) is 0 Å². The number of hydrogen-bond acceptors (Lipinski definition) is 4. The molecule has 2 aromatic rings. The van der Waals surface area contributed by atoms with Crippen LogP contribution in [0.1, 0.15) is 15.9 Å². The number of hydrogen-bond donors (Lipinski definition) is 1. The first-order valence-electron chi connectivity index (χ1n) is 5.73. The molecule has 0 unspecified atom stereocenters. The second kappa shape index (κ2) is 5.75. The minimum atomic E-state index is -0.979. The van der Waals surface area contributed by atoms with Crippen LogP contribution in [0.4, 0.5) is 5.69 Å². The normalized spacial score (nSPS) is 10.2. The lowest BCUT2D eigenvalue weighted by molar-refractivity contribution is -0.385. The van der Waals surface area contributed by atoms with Crippen LogP contribution in [-0.4, -0.2) is 16.0 Å². The maximum absolute atomic E-state index is 10.9. The van der Waals surface area contributed by atoms with E-state index in [0.717, 1.165) is 15.4 Å². The molecule has 102 valence electrons. The van der Waals surface area contributed by atoms with Gasteiger partial charge in [0.05, 0.1) is 10.5 Å². The first kappa shape index (κ1) is 14.1. The molecule has 0 fully saturated rings. The van der Waals surface area contributed by atoms with E-state index in [0.29, 0.717) is 0 Å². The maximum Gasteiger partial charge on any atom is 0.335 e. The lowest BCUT2D eigenvalue weighted by atomic mass is 10.2. The van der Waals surface area contributed by atoms with Crippen molar-refractivity contribution in [1.29, 1.82) is 0 Å². The summed E-state index contributed by atoms with van der Waals surface area (Å²) >= 11 is 1.38. The zero-order valence-corrected chi connectivity index (χ0v) is 11.4. The molecule has 2 rings (SSSR count). The molecule has 1 N–H and O–H groups in total. The number of carboxylic acid groups (broad SMARTS) is 1. The monoisotopic (exact) mass is 289 g/mol. The van der Waals surface area contributed by atoms with Gasteiger partial charge in [-0.2, -0.15) is 0 Å². The van der Waals surface area contributed by atoms with E-state index in [1.54, 1.807) is 31.2 Å². The van der Waals surface area contributed by atoms with Crippen LogP contribution in [0, 0.1) is 17.0 Å². The first-order chi connectivity index (χ1) is 9.47. The van der Waals surface area contributed by atoms with Crippen LogP contribution >= 0.6 is 11.8 Å². The third kappa shape index (κ3) is 3.16. The van der Waals surface area contributed by atoms with Crippen molar-refractivity contribution in [3.63, 3.8) is 0 Å². The number of aryl methyl sites for hydroxylation is 1. The van der Waals surface area contributed by atoms with Crippen molar-refractivity contribution in [2.45, 2.75) is 16.7 Å². The number of nitrogens with zero attached hydrogens (tertiary/aromatic N) is 1. The Bertz CT molecular complexity index is 685. The van der Waals surface area contributed by atoms with E-state index < -0.39 is 10.9 Å². The number of carboxylic acids is 1. The van der Waals surface area contributed by atoms with E-state index in [1.165, 1.54) is 30.0 Å². The molecule has 0 aromatic heterocycles. The average Bonchev–Trinajstić information content (AvgIpc) is 2.41. The van der Waals surface area contributed by atoms with E-state index in [-0.39, 0.29) is 11.3 Å². The molecule has 0 spiro atoms. The minimum Gasteiger partial charge on any atom is -0.478 e. The Hall–Kier alpha value is -2.34. The summed E-state index contributed by atoms with van der Waals surface area (Å²) in [5.41, 5.74) is 1.05. The van der Waals surface area contributed by atoms with Crippen molar-refractivity contribution in [1.82, 2.24) is 0 Å². The fourth-order valence-electron chi connectivity index (χ4n) is 1.68. The van der Waals surface area contributed by atoms with Gasteiger partial charge in [-0.1, -0.05) is 17.8 Å². The van der Waals surface area contributed by atoms with Gasteiger partial charge >= 0.3 is 5.97 Å². The summed E-state index contributed by atoms with van der Waals surface area (Å²) in [6, 6.07) is 11.2. The van der Waals surface area contributed by atoms with E-state index in [4.69, 9.17) is 5.11 Å². The van der Waals surface area contributed by atoms with Crippen molar-refractivity contribution < 1.29 is 14.8 Å².